The Hall–Kier alpha value is -0.870. The van der Waals surface area contributed by atoms with E-state index in [1.165, 1.54) is 19.3 Å². The van der Waals surface area contributed by atoms with Gasteiger partial charge in [-0.2, -0.15) is 0 Å². The molecule has 0 aromatic heterocycles. The molecule has 0 atom stereocenters. The third-order valence-electron chi connectivity index (χ3n) is 4.53. The molecule has 0 amide bonds. The van der Waals surface area contributed by atoms with Gasteiger partial charge in [0.1, 0.15) is 5.60 Å². The number of hydrogen-bond donors (Lipinski definition) is 1. The van der Waals surface area contributed by atoms with E-state index in [-0.39, 0.29) is 5.97 Å². The van der Waals surface area contributed by atoms with Gasteiger partial charge in [-0.25, -0.2) is 0 Å². The highest BCUT2D eigenvalue weighted by Gasteiger charge is 2.37. The summed E-state index contributed by atoms with van der Waals surface area (Å²) < 4.78 is 6.01. The third kappa shape index (κ3) is 5.92. The number of unbranched alkanes of at least 4 members (excludes halogenated alkanes) is 4. The molecule has 1 aromatic carbocycles. The Bertz CT molecular complexity index is 458. The van der Waals surface area contributed by atoms with Crippen LogP contribution in [0.15, 0.2) is 30.3 Å². The minimum absolute atomic E-state index is 0.0451. The molecule has 1 fully saturated rings. The lowest BCUT2D eigenvalue weighted by Crippen LogP contribution is -2.43. The Kier molecular flexibility index (Phi) is 8.10. The molecule has 23 heavy (non-hydrogen) atoms. The summed E-state index contributed by atoms with van der Waals surface area (Å²) in [4.78, 5) is 12.3. The second-order valence-electron chi connectivity index (χ2n) is 6.29. The van der Waals surface area contributed by atoms with E-state index in [2.05, 4.69) is 33.4 Å². The van der Waals surface area contributed by atoms with Crippen molar-refractivity contribution in [1.82, 2.24) is 5.32 Å². The van der Waals surface area contributed by atoms with E-state index in [1.54, 1.807) is 0 Å². The Morgan fingerprint density at radius 3 is 2.39 bits per heavy atom. The number of carbonyl (C=O) groups excluding carboxylic acids is 1. The smallest absolute Gasteiger partial charge is 0.306 e. The van der Waals surface area contributed by atoms with E-state index in [0.29, 0.717) is 6.42 Å². The number of esters is 1. The summed E-state index contributed by atoms with van der Waals surface area (Å²) in [5, 5.41) is 4.43. The maximum absolute atomic E-state index is 12.3. The molecular formula is C19H28BrNO2. The predicted molar refractivity (Wildman–Crippen MR) is 97.8 cm³/mol. The number of rotatable bonds is 9. The summed E-state index contributed by atoms with van der Waals surface area (Å²) in [6.07, 6.45) is 7.95. The standard InChI is InChI=1S/C19H28BrNO2/c20-14-8-3-1-2-7-11-18(22)23-19(12-15-21-16-13-19)17-9-5-4-6-10-17/h4-6,9-10,21H,1-3,7-8,11-16H2. The fourth-order valence-electron chi connectivity index (χ4n) is 3.19. The molecule has 4 heteroatoms. The molecule has 128 valence electrons. The molecule has 0 aliphatic carbocycles. The molecular weight excluding hydrogens is 354 g/mol. The van der Waals surface area contributed by atoms with E-state index < -0.39 is 5.60 Å². The molecule has 1 saturated heterocycles. The van der Waals surface area contributed by atoms with Gasteiger partial charge in [-0.3, -0.25) is 4.79 Å². The van der Waals surface area contributed by atoms with Gasteiger partial charge in [-0.1, -0.05) is 65.5 Å². The highest BCUT2D eigenvalue weighted by atomic mass is 79.9. The van der Waals surface area contributed by atoms with Gasteiger partial charge in [0, 0.05) is 24.6 Å². The van der Waals surface area contributed by atoms with Crippen molar-refractivity contribution >= 4 is 21.9 Å². The highest BCUT2D eigenvalue weighted by Crippen LogP contribution is 2.35. The average molecular weight is 382 g/mol. The van der Waals surface area contributed by atoms with E-state index in [4.69, 9.17) is 4.74 Å². The molecule has 1 aliphatic heterocycles. The van der Waals surface area contributed by atoms with Gasteiger partial charge in [0.05, 0.1) is 0 Å². The van der Waals surface area contributed by atoms with Crippen molar-refractivity contribution in [1.29, 1.82) is 0 Å². The maximum Gasteiger partial charge on any atom is 0.306 e. The number of carbonyl (C=O) groups is 1. The second kappa shape index (κ2) is 10.1. The molecule has 0 unspecified atom stereocenters. The van der Waals surface area contributed by atoms with Crippen molar-refractivity contribution in [3.8, 4) is 0 Å². The summed E-state index contributed by atoms with van der Waals surface area (Å²) in [6.45, 7) is 1.80. The van der Waals surface area contributed by atoms with Crippen molar-refractivity contribution in [3.63, 3.8) is 0 Å². The fourth-order valence-corrected chi connectivity index (χ4v) is 3.58. The zero-order valence-corrected chi connectivity index (χ0v) is 15.4. The van der Waals surface area contributed by atoms with Crippen LogP contribution in [0.25, 0.3) is 0 Å². The topological polar surface area (TPSA) is 38.3 Å². The normalized spacial score (nSPS) is 16.9. The van der Waals surface area contributed by atoms with Gasteiger partial charge < -0.3 is 10.1 Å². The van der Waals surface area contributed by atoms with Gasteiger partial charge in [-0.15, -0.1) is 0 Å². The number of benzene rings is 1. The van der Waals surface area contributed by atoms with Gasteiger partial charge in [0.15, 0.2) is 0 Å². The van der Waals surface area contributed by atoms with Crippen molar-refractivity contribution < 1.29 is 9.53 Å². The first-order chi connectivity index (χ1) is 11.3. The SMILES string of the molecule is O=C(CCCCCCCBr)OC1(c2ccccc2)CCNCC1. The highest BCUT2D eigenvalue weighted by molar-refractivity contribution is 9.09. The van der Waals surface area contributed by atoms with Crippen LogP contribution in [0.1, 0.15) is 56.9 Å². The third-order valence-corrected chi connectivity index (χ3v) is 5.10. The quantitative estimate of drug-likeness (QED) is 0.387. The van der Waals surface area contributed by atoms with Crippen molar-refractivity contribution in [2.45, 2.75) is 57.0 Å². The van der Waals surface area contributed by atoms with Crippen LogP contribution in [-0.4, -0.2) is 24.4 Å². The molecule has 1 N–H and O–H groups in total. The number of nitrogens with one attached hydrogen (secondary N) is 1. The zero-order valence-electron chi connectivity index (χ0n) is 13.9. The Balaban J connectivity index is 1.85. The van der Waals surface area contributed by atoms with E-state index in [9.17, 15) is 4.79 Å². The molecule has 0 bridgehead atoms. The first-order valence-electron chi connectivity index (χ1n) is 8.81. The largest absolute Gasteiger partial charge is 0.454 e. The summed E-state index contributed by atoms with van der Waals surface area (Å²) in [5.41, 5.74) is 0.701. The number of ether oxygens (including phenoxy) is 1. The van der Waals surface area contributed by atoms with Gasteiger partial charge in [-0.05, 0) is 31.5 Å². The lowest BCUT2D eigenvalue weighted by atomic mass is 9.84. The summed E-state index contributed by atoms with van der Waals surface area (Å²) in [7, 11) is 0. The first kappa shape index (κ1) is 18.5. The Morgan fingerprint density at radius 1 is 1.04 bits per heavy atom. The van der Waals surface area contributed by atoms with Crippen molar-refractivity contribution in [2.24, 2.45) is 0 Å². The molecule has 1 aromatic rings. The van der Waals surface area contributed by atoms with E-state index >= 15 is 0 Å². The lowest BCUT2D eigenvalue weighted by Gasteiger charge is -2.37. The number of piperidine rings is 1. The van der Waals surface area contributed by atoms with Crippen LogP contribution in [-0.2, 0) is 15.1 Å². The molecule has 0 radical (unpaired) electrons. The number of halogens is 1. The van der Waals surface area contributed by atoms with Crippen LogP contribution in [0.3, 0.4) is 0 Å². The van der Waals surface area contributed by atoms with Gasteiger partial charge in [0.2, 0.25) is 0 Å². The molecule has 0 saturated carbocycles. The average Bonchev–Trinajstić information content (AvgIpc) is 2.59. The lowest BCUT2D eigenvalue weighted by molar-refractivity contribution is -0.164. The van der Waals surface area contributed by atoms with Crippen LogP contribution in [0.5, 0.6) is 0 Å². The first-order valence-corrected chi connectivity index (χ1v) is 9.93. The van der Waals surface area contributed by atoms with E-state index in [1.807, 2.05) is 18.2 Å². The Labute approximate surface area is 148 Å². The summed E-state index contributed by atoms with van der Waals surface area (Å²) in [5.74, 6) is -0.0451. The van der Waals surface area contributed by atoms with Crippen LogP contribution in [0.2, 0.25) is 0 Å². The molecule has 1 heterocycles. The minimum Gasteiger partial charge on any atom is -0.454 e. The number of alkyl halides is 1. The van der Waals surface area contributed by atoms with Crippen LogP contribution >= 0.6 is 15.9 Å². The maximum atomic E-state index is 12.3. The number of hydrogen-bond acceptors (Lipinski definition) is 3. The monoisotopic (exact) mass is 381 g/mol. The van der Waals surface area contributed by atoms with Gasteiger partial charge >= 0.3 is 5.97 Å². The van der Waals surface area contributed by atoms with Crippen molar-refractivity contribution in [2.75, 3.05) is 18.4 Å². The zero-order chi connectivity index (χ0) is 16.4. The minimum atomic E-state index is -0.431. The Morgan fingerprint density at radius 2 is 1.70 bits per heavy atom. The van der Waals surface area contributed by atoms with Crippen LogP contribution in [0, 0.1) is 0 Å². The molecule has 3 nitrogen and oxygen atoms in total. The molecule has 0 spiro atoms. The van der Waals surface area contributed by atoms with E-state index in [0.717, 1.165) is 49.7 Å². The van der Waals surface area contributed by atoms with Crippen LogP contribution < -0.4 is 5.32 Å². The summed E-state index contributed by atoms with van der Waals surface area (Å²) >= 11 is 3.45. The van der Waals surface area contributed by atoms with Crippen LogP contribution in [0.4, 0.5) is 0 Å². The molecule has 1 aliphatic rings. The summed E-state index contributed by atoms with van der Waals surface area (Å²) in [6, 6.07) is 10.2. The predicted octanol–water partition coefficient (Wildman–Crippen LogP) is 4.54. The molecule has 2 rings (SSSR count). The fraction of sp³-hybridized carbons (Fsp3) is 0.632. The van der Waals surface area contributed by atoms with Gasteiger partial charge in [0.25, 0.3) is 0 Å². The second-order valence-corrected chi connectivity index (χ2v) is 7.08. The van der Waals surface area contributed by atoms with Crippen molar-refractivity contribution in [3.05, 3.63) is 35.9 Å².